The molecule has 0 aliphatic carbocycles. The fraction of sp³-hybridized carbons (Fsp3) is 0.769. The van der Waals surface area contributed by atoms with Gasteiger partial charge in [0.2, 0.25) is 0 Å². The SMILES string of the molecule is CCCCCCCCc1nccn1CC. The molecular formula is C13H24N2. The Morgan fingerprint density at radius 3 is 2.53 bits per heavy atom. The first-order valence-corrected chi connectivity index (χ1v) is 6.38. The topological polar surface area (TPSA) is 17.8 Å². The highest BCUT2D eigenvalue weighted by molar-refractivity contribution is 4.91. The number of rotatable bonds is 8. The molecule has 0 spiro atoms. The van der Waals surface area contributed by atoms with Gasteiger partial charge in [-0.25, -0.2) is 4.98 Å². The number of hydrogen-bond donors (Lipinski definition) is 0. The summed E-state index contributed by atoms with van der Waals surface area (Å²) in [6.45, 7) is 5.48. The molecule has 86 valence electrons. The molecule has 0 saturated carbocycles. The summed E-state index contributed by atoms with van der Waals surface area (Å²) in [4.78, 5) is 4.38. The van der Waals surface area contributed by atoms with Crippen LogP contribution in [0.15, 0.2) is 12.4 Å². The Balaban J connectivity index is 2.09. The molecule has 2 nitrogen and oxygen atoms in total. The van der Waals surface area contributed by atoms with E-state index in [0.717, 1.165) is 13.0 Å². The Hall–Kier alpha value is -0.790. The molecule has 1 aromatic rings. The van der Waals surface area contributed by atoms with E-state index in [0.29, 0.717) is 0 Å². The Morgan fingerprint density at radius 2 is 1.80 bits per heavy atom. The average molecular weight is 208 g/mol. The van der Waals surface area contributed by atoms with E-state index in [-0.39, 0.29) is 0 Å². The number of aryl methyl sites for hydroxylation is 2. The van der Waals surface area contributed by atoms with Crippen LogP contribution in [0, 0.1) is 0 Å². The third-order valence-electron chi connectivity index (χ3n) is 2.90. The van der Waals surface area contributed by atoms with Crippen LogP contribution in [0.3, 0.4) is 0 Å². The zero-order chi connectivity index (χ0) is 10.9. The third kappa shape index (κ3) is 4.50. The van der Waals surface area contributed by atoms with Crippen molar-refractivity contribution < 1.29 is 0 Å². The molecule has 0 atom stereocenters. The Morgan fingerprint density at radius 1 is 1.07 bits per heavy atom. The largest absolute Gasteiger partial charge is 0.335 e. The summed E-state index contributed by atoms with van der Waals surface area (Å²) in [6, 6.07) is 0. The van der Waals surface area contributed by atoms with Gasteiger partial charge >= 0.3 is 0 Å². The predicted octanol–water partition coefficient (Wildman–Crippen LogP) is 3.81. The van der Waals surface area contributed by atoms with Gasteiger partial charge in [-0.1, -0.05) is 39.0 Å². The quantitative estimate of drug-likeness (QED) is 0.594. The lowest BCUT2D eigenvalue weighted by atomic mass is 10.1. The molecule has 0 unspecified atom stereocenters. The van der Waals surface area contributed by atoms with E-state index in [1.54, 1.807) is 0 Å². The molecule has 2 heteroatoms. The van der Waals surface area contributed by atoms with Crippen LogP contribution in [0.25, 0.3) is 0 Å². The highest BCUT2D eigenvalue weighted by Gasteiger charge is 2.00. The van der Waals surface area contributed by atoms with Crippen LogP contribution >= 0.6 is 0 Å². The third-order valence-corrected chi connectivity index (χ3v) is 2.90. The van der Waals surface area contributed by atoms with Crippen molar-refractivity contribution in [2.75, 3.05) is 0 Å². The van der Waals surface area contributed by atoms with Crippen molar-refractivity contribution in [1.82, 2.24) is 9.55 Å². The summed E-state index contributed by atoms with van der Waals surface area (Å²) in [5.41, 5.74) is 0. The van der Waals surface area contributed by atoms with Gasteiger partial charge in [0.25, 0.3) is 0 Å². The van der Waals surface area contributed by atoms with Gasteiger partial charge in [0, 0.05) is 25.4 Å². The van der Waals surface area contributed by atoms with Crippen LogP contribution in [-0.4, -0.2) is 9.55 Å². The average Bonchev–Trinajstić information content (AvgIpc) is 2.70. The molecule has 0 aliphatic rings. The summed E-state index contributed by atoms with van der Waals surface area (Å²) in [7, 11) is 0. The summed E-state index contributed by atoms with van der Waals surface area (Å²) >= 11 is 0. The fourth-order valence-corrected chi connectivity index (χ4v) is 1.92. The van der Waals surface area contributed by atoms with E-state index in [1.165, 1.54) is 44.3 Å². The maximum atomic E-state index is 4.38. The van der Waals surface area contributed by atoms with E-state index >= 15 is 0 Å². The second-order valence-electron chi connectivity index (χ2n) is 4.15. The van der Waals surface area contributed by atoms with Crippen molar-refractivity contribution in [1.29, 1.82) is 0 Å². The molecular weight excluding hydrogens is 184 g/mol. The molecule has 15 heavy (non-hydrogen) atoms. The number of aromatic nitrogens is 2. The van der Waals surface area contributed by atoms with Gasteiger partial charge < -0.3 is 4.57 Å². The minimum Gasteiger partial charge on any atom is -0.335 e. The highest BCUT2D eigenvalue weighted by Crippen LogP contribution is 2.08. The summed E-state index contributed by atoms with van der Waals surface area (Å²) in [6.07, 6.45) is 13.3. The first kappa shape index (κ1) is 12.3. The van der Waals surface area contributed by atoms with Gasteiger partial charge in [0.05, 0.1) is 0 Å². The normalized spacial score (nSPS) is 10.8. The van der Waals surface area contributed by atoms with Gasteiger partial charge in [-0.05, 0) is 13.3 Å². The molecule has 0 saturated heterocycles. The number of imidazole rings is 1. The van der Waals surface area contributed by atoms with Crippen LogP contribution in [0.4, 0.5) is 0 Å². The lowest BCUT2D eigenvalue weighted by Gasteiger charge is -2.04. The number of unbranched alkanes of at least 4 members (excludes halogenated alkanes) is 5. The molecule has 0 amide bonds. The number of hydrogen-bond acceptors (Lipinski definition) is 1. The van der Waals surface area contributed by atoms with Crippen LogP contribution < -0.4 is 0 Å². The van der Waals surface area contributed by atoms with Crippen molar-refractivity contribution in [3.05, 3.63) is 18.2 Å². The summed E-state index contributed by atoms with van der Waals surface area (Å²) in [5, 5.41) is 0. The molecule has 1 rings (SSSR count). The van der Waals surface area contributed by atoms with Gasteiger partial charge in [-0.15, -0.1) is 0 Å². The van der Waals surface area contributed by atoms with Crippen molar-refractivity contribution in [3.63, 3.8) is 0 Å². The van der Waals surface area contributed by atoms with Crippen LogP contribution in [0.2, 0.25) is 0 Å². The molecule has 0 radical (unpaired) electrons. The zero-order valence-corrected chi connectivity index (χ0v) is 10.2. The van der Waals surface area contributed by atoms with Gasteiger partial charge in [-0.3, -0.25) is 0 Å². The minimum absolute atomic E-state index is 1.05. The molecule has 0 fully saturated rings. The molecule has 1 aromatic heterocycles. The van der Waals surface area contributed by atoms with E-state index in [4.69, 9.17) is 0 Å². The summed E-state index contributed by atoms with van der Waals surface area (Å²) < 4.78 is 2.24. The fourth-order valence-electron chi connectivity index (χ4n) is 1.92. The second-order valence-corrected chi connectivity index (χ2v) is 4.15. The maximum absolute atomic E-state index is 4.38. The molecule has 0 aromatic carbocycles. The zero-order valence-electron chi connectivity index (χ0n) is 10.2. The first-order chi connectivity index (χ1) is 7.38. The smallest absolute Gasteiger partial charge is 0.108 e. The van der Waals surface area contributed by atoms with Crippen molar-refractivity contribution in [3.8, 4) is 0 Å². The van der Waals surface area contributed by atoms with Crippen molar-refractivity contribution >= 4 is 0 Å². The van der Waals surface area contributed by atoms with Crippen LogP contribution in [0.5, 0.6) is 0 Å². The highest BCUT2D eigenvalue weighted by atomic mass is 15.0. The van der Waals surface area contributed by atoms with Crippen molar-refractivity contribution in [2.45, 2.75) is 65.3 Å². The monoisotopic (exact) mass is 208 g/mol. The van der Waals surface area contributed by atoms with Crippen molar-refractivity contribution in [2.24, 2.45) is 0 Å². The maximum Gasteiger partial charge on any atom is 0.108 e. The standard InChI is InChI=1S/C13H24N2/c1-3-5-6-7-8-9-10-13-14-11-12-15(13)4-2/h11-12H,3-10H2,1-2H3. The van der Waals surface area contributed by atoms with Crippen LogP contribution in [-0.2, 0) is 13.0 Å². The molecule has 0 N–H and O–H groups in total. The van der Waals surface area contributed by atoms with Crippen LogP contribution in [0.1, 0.15) is 58.2 Å². The van der Waals surface area contributed by atoms with Gasteiger partial charge in [-0.2, -0.15) is 0 Å². The Kier molecular flexibility index (Phi) is 6.14. The molecule has 0 aliphatic heterocycles. The summed E-state index contributed by atoms with van der Waals surface area (Å²) in [5.74, 6) is 1.26. The molecule has 1 heterocycles. The van der Waals surface area contributed by atoms with E-state index in [9.17, 15) is 0 Å². The first-order valence-electron chi connectivity index (χ1n) is 6.38. The van der Waals surface area contributed by atoms with E-state index in [2.05, 4.69) is 29.6 Å². The Labute approximate surface area is 93.7 Å². The van der Waals surface area contributed by atoms with E-state index in [1.807, 2.05) is 6.20 Å². The lowest BCUT2D eigenvalue weighted by Crippen LogP contribution is -2.00. The molecule has 0 bridgehead atoms. The Bertz CT molecular complexity index is 253. The minimum atomic E-state index is 1.05. The predicted molar refractivity (Wildman–Crippen MR) is 65.0 cm³/mol. The number of nitrogens with zero attached hydrogens (tertiary/aromatic N) is 2. The van der Waals surface area contributed by atoms with E-state index < -0.39 is 0 Å². The second kappa shape index (κ2) is 7.49. The van der Waals surface area contributed by atoms with Gasteiger partial charge in [0.15, 0.2) is 0 Å². The van der Waals surface area contributed by atoms with Gasteiger partial charge in [0.1, 0.15) is 5.82 Å². The lowest BCUT2D eigenvalue weighted by molar-refractivity contribution is 0.588.